The SMILES string of the molecule is CCCCCCCCCC(=O)O.O=C(O)/C=C\C(=O)O. The summed E-state index contributed by atoms with van der Waals surface area (Å²) in [5.41, 5.74) is 0. The lowest BCUT2D eigenvalue weighted by atomic mass is 10.1. The van der Waals surface area contributed by atoms with E-state index in [0.29, 0.717) is 18.6 Å². The number of hydrogen-bond donors (Lipinski definition) is 3. The van der Waals surface area contributed by atoms with E-state index < -0.39 is 17.9 Å². The van der Waals surface area contributed by atoms with E-state index in [1.165, 1.54) is 32.1 Å². The van der Waals surface area contributed by atoms with Gasteiger partial charge in [-0.2, -0.15) is 0 Å². The van der Waals surface area contributed by atoms with E-state index in [1.54, 1.807) is 0 Å². The largest absolute Gasteiger partial charge is 0.481 e. The summed E-state index contributed by atoms with van der Waals surface area (Å²) in [4.78, 5) is 29.2. The molecule has 6 heteroatoms. The lowest BCUT2D eigenvalue weighted by molar-refractivity contribution is -0.137. The molecular weight excluding hydrogens is 264 g/mol. The fourth-order valence-corrected chi connectivity index (χ4v) is 1.38. The summed E-state index contributed by atoms with van der Waals surface area (Å²) in [7, 11) is 0. The number of carbonyl (C=O) groups is 3. The molecule has 0 fully saturated rings. The Morgan fingerprint density at radius 2 is 1.15 bits per heavy atom. The third kappa shape index (κ3) is 25.1. The van der Waals surface area contributed by atoms with E-state index in [1.807, 2.05) is 0 Å². The maximum absolute atomic E-state index is 10.1. The van der Waals surface area contributed by atoms with Crippen molar-refractivity contribution in [2.24, 2.45) is 0 Å². The summed E-state index contributed by atoms with van der Waals surface area (Å²) in [6.07, 6.45) is 9.76. The Labute approximate surface area is 119 Å². The summed E-state index contributed by atoms with van der Waals surface area (Å²) >= 11 is 0. The minimum absolute atomic E-state index is 0.341. The van der Waals surface area contributed by atoms with Crippen LogP contribution in [0.15, 0.2) is 12.2 Å². The second-order valence-corrected chi connectivity index (χ2v) is 4.27. The molecule has 0 aromatic rings. The van der Waals surface area contributed by atoms with Crippen LogP contribution < -0.4 is 0 Å². The van der Waals surface area contributed by atoms with Crippen LogP contribution in [-0.2, 0) is 14.4 Å². The molecule has 6 nitrogen and oxygen atoms in total. The highest BCUT2D eigenvalue weighted by Crippen LogP contribution is 2.07. The number of unbranched alkanes of at least 4 members (excludes halogenated alkanes) is 6. The Hall–Kier alpha value is -1.85. The number of hydrogen-bond acceptors (Lipinski definition) is 3. The van der Waals surface area contributed by atoms with Crippen molar-refractivity contribution in [3.8, 4) is 0 Å². The molecule has 0 saturated carbocycles. The molecule has 0 rings (SSSR count). The van der Waals surface area contributed by atoms with Crippen molar-refractivity contribution in [1.82, 2.24) is 0 Å². The van der Waals surface area contributed by atoms with E-state index in [2.05, 4.69) is 6.92 Å². The van der Waals surface area contributed by atoms with E-state index in [0.717, 1.165) is 12.8 Å². The van der Waals surface area contributed by atoms with Crippen LogP contribution in [0.4, 0.5) is 0 Å². The van der Waals surface area contributed by atoms with Gasteiger partial charge in [0.25, 0.3) is 0 Å². The molecule has 0 amide bonds. The van der Waals surface area contributed by atoms with Gasteiger partial charge in [0.15, 0.2) is 0 Å². The van der Waals surface area contributed by atoms with E-state index in [4.69, 9.17) is 15.3 Å². The summed E-state index contributed by atoms with van der Waals surface area (Å²) in [6.45, 7) is 2.20. The predicted molar refractivity (Wildman–Crippen MR) is 74.7 cm³/mol. The maximum atomic E-state index is 10.1. The minimum Gasteiger partial charge on any atom is -0.481 e. The first-order valence-corrected chi connectivity index (χ1v) is 6.75. The van der Waals surface area contributed by atoms with Crippen LogP contribution in [0.3, 0.4) is 0 Å². The first kappa shape index (κ1) is 20.5. The molecule has 0 aromatic heterocycles. The fourth-order valence-electron chi connectivity index (χ4n) is 1.38. The zero-order chi connectivity index (χ0) is 15.8. The molecule has 0 atom stereocenters. The van der Waals surface area contributed by atoms with Gasteiger partial charge < -0.3 is 15.3 Å². The van der Waals surface area contributed by atoms with E-state index >= 15 is 0 Å². The Bertz CT molecular complexity index is 293. The van der Waals surface area contributed by atoms with Gasteiger partial charge in [0.2, 0.25) is 0 Å². The number of carboxylic acid groups (broad SMARTS) is 3. The predicted octanol–water partition coefficient (Wildman–Crippen LogP) is 2.92. The standard InChI is InChI=1S/C10H20O2.C4H4O4/c1-2-3-4-5-6-7-8-9-10(11)12;5-3(6)1-2-4(7)8/h2-9H2,1H3,(H,11,12);1-2H,(H,5,6)(H,7,8)/b;2-1-. The third-order valence-corrected chi connectivity index (χ3v) is 2.36. The Balaban J connectivity index is 0. The van der Waals surface area contributed by atoms with Crippen molar-refractivity contribution in [3.05, 3.63) is 12.2 Å². The average Bonchev–Trinajstić information content (AvgIpc) is 2.36. The molecular formula is C14H24O6. The highest BCUT2D eigenvalue weighted by molar-refractivity contribution is 5.89. The van der Waals surface area contributed by atoms with Crippen LogP contribution in [0.5, 0.6) is 0 Å². The maximum Gasteiger partial charge on any atom is 0.328 e. The number of rotatable bonds is 10. The van der Waals surface area contributed by atoms with Crippen molar-refractivity contribution in [2.45, 2.75) is 58.3 Å². The second-order valence-electron chi connectivity index (χ2n) is 4.27. The second kappa shape index (κ2) is 15.2. The topological polar surface area (TPSA) is 112 Å². The molecule has 20 heavy (non-hydrogen) atoms. The normalized spacial score (nSPS) is 9.85. The van der Waals surface area contributed by atoms with Crippen LogP contribution in [0, 0.1) is 0 Å². The molecule has 3 N–H and O–H groups in total. The summed E-state index contributed by atoms with van der Waals surface area (Å²) in [5.74, 6) is -3.18. The van der Waals surface area contributed by atoms with Crippen molar-refractivity contribution in [1.29, 1.82) is 0 Å². The number of aliphatic carboxylic acids is 3. The molecule has 0 spiro atoms. The van der Waals surface area contributed by atoms with Crippen molar-refractivity contribution >= 4 is 17.9 Å². The van der Waals surface area contributed by atoms with E-state index in [9.17, 15) is 14.4 Å². The molecule has 0 radical (unpaired) electrons. The lowest BCUT2D eigenvalue weighted by Gasteiger charge is -1.98. The van der Waals surface area contributed by atoms with Gasteiger partial charge in [0, 0.05) is 18.6 Å². The average molecular weight is 288 g/mol. The van der Waals surface area contributed by atoms with Gasteiger partial charge in [-0.15, -0.1) is 0 Å². The van der Waals surface area contributed by atoms with Crippen molar-refractivity contribution in [2.75, 3.05) is 0 Å². The quantitative estimate of drug-likeness (QED) is 0.421. The highest BCUT2D eigenvalue weighted by atomic mass is 16.4. The molecule has 0 saturated heterocycles. The summed E-state index contributed by atoms with van der Waals surface area (Å²) in [5, 5.41) is 24.0. The monoisotopic (exact) mass is 288 g/mol. The van der Waals surface area contributed by atoms with E-state index in [-0.39, 0.29) is 0 Å². The lowest BCUT2D eigenvalue weighted by Crippen LogP contribution is -1.93. The smallest absolute Gasteiger partial charge is 0.328 e. The zero-order valence-corrected chi connectivity index (χ0v) is 11.9. The molecule has 0 heterocycles. The van der Waals surface area contributed by atoms with Crippen LogP contribution in [-0.4, -0.2) is 33.2 Å². The summed E-state index contributed by atoms with van der Waals surface area (Å²) < 4.78 is 0. The third-order valence-electron chi connectivity index (χ3n) is 2.36. The molecule has 0 aliphatic heterocycles. The van der Waals surface area contributed by atoms with Gasteiger partial charge in [-0.3, -0.25) is 4.79 Å². The Morgan fingerprint density at radius 3 is 1.50 bits per heavy atom. The molecule has 116 valence electrons. The van der Waals surface area contributed by atoms with Gasteiger partial charge in [-0.1, -0.05) is 45.4 Å². The van der Waals surface area contributed by atoms with Crippen LogP contribution in [0.25, 0.3) is 0 Å². The van der Waals surface area contributed by atoms with Crippen LogP contribution in [0.2, 0.25) is 0 Å². The first-order chi connectivity index (χ1) is 9.40. The molecule has 0 bridgehead atoms. The van der Waals surface area contributed by atoms with Crippen LogP contribution >= 0.6 is 0 Å². The van der Waals surface area contributed by atoms with Crippen molar-refractivity contribution < 1.29 is 29.7 Å². The van der Waals surface area contributed by atoms with Gasteiger partial charge in [0.1, 0.15) is 0 Å². The molecule has 0 aliphatic rings. The molecule has 0 aromatic carbocycles. The zero-order valence-electron chi connectivity index (χ0n) is 11.9. The number of carboxylic acids is 3. The summed E-state index contributed by atoms with van der Waals surface area (Å²) in [6, 6.07) is 0. The first-order valence-electron chi connectivity index (χ1n) is 6.75. The van der Waals surface area contributed by atoms with Gasteiger partial charge >= 0.3 is 17.9 Å². The fraction of sp³-hybridized carbons (Fsp3) is 0.643. The van der Waals surface area contributed by atoms with Gasteiger partial charge in [-0.25, -0.2) is 9.59 Å². The van der Waals surface area contributed by atoms with Crippen molar-refractivity contribution in [3.63, 3.8) is 0 Å². The highest BCUT2D eigenvalue weighted by Gasteiger charge is 1.95. The minimum atomic E-state index is -1.26. The van der Waals surface area contributed by atoms with Gasteiger partial charge in [-0.05, 0) is 6.42 Å². The molecule has 0 unspecified atom stereocenters. The Morgan fingerprint density at radius 1 is 0.750 bits per heavy atom. The van der Waals surface area contributed by atoms with Crippen LogP contribution in [0.1, 0.15) is 58.3 Å². The molecule has 0 aliphatic carbocycles. The van der Waals surface area contributed by atoms with Gasteiger partial charge in [0.05, 0.1) is 0 Å². The Kier molecular flexibility index (Phi) is 15.6.